The van der Waals surface area contributed by atoms with Crippen molar-refractivity contribution < 1.29 is 9.59 Å². The second-order valence-electron chi connectivity index (χ2n) is 6.29. The lowest BCUT2D eigenvalue weighted by molar-refractivity contribution is 0.0996. The highest BCUT2D eigenvalue weighted by atomic mass is 16.2. The lowest BCUT2D eigenvalue weighted by atomic mass is 10.1. The van der Waals surface area contributed by atoms with Crippen LogP contribution in [0.3, 0.4) is 0 Å². The molecule has 3 rings (SSSR count). The van der Waals surface area contributed by atoms with Crippen molar-refractivity contribution in [2.75, 3.05) is 23.3 Å². The van der Waals surface area contributed by atoms with E-state index in [1.165, 1.54) is 12.5 Å². The fourth-order valence-corrected chi connectivity index (χ4v) is 3.12. The summed E-state index contributed by atoms with van der Waals surface area (Å²) in [5.41, 5.74) is 7.96. The molecule has 1 aliphatic heterocycles. The molecule has 1 saturated heterocycles. The fourth-order valence-electron chi connectivity index (χ4n) is 3.12. The highest BCUT2D eigenvalue weighted by Gasteiger charge is 2.18. The lowest BCUT2D eigenvalue weighted by Gasteiger charge is -2.30. The maximum Gasteiger partial charge on any atom is 0.255 e. The zero-order valence-corrected chi connectivity index (χ0v) is 14.4. The average Bonchev–Trinajstić information content (AvgIpc) is 2.68. The van der Waals surface area contributed by atoms with E-state index < -0.39 is 5.91 Å². The van der Waals surface area contributed by atoms with Gasteiger partial charge in [0.1, 0.15) is 0 Å². The minimum Gasteiger partial charge on any atom is -0.370 e. The van der Waals surface area contributed by atoms with Gasteiger partial charge in [-0.15, -0.1) is 0 Å². The third-order valence-corrected chi connectivity index (χ3v) is 4.48. The van der Waals surface area contributed by atoms with E-state index in [1.54, 1.807) is 30.3 Å². The Morgan fingerprint density at radius 1 is 1.04 bits per heavy atom. The summed E-state index contributed by atoms with van der Waals surface area (Å²) in [6.45, 7) is 1.81. The molecule has 2 amide bonds. The molecule has 6 heteroatoms. The number of carbonyl (C=O) groups is 2. The Labute approximate surface area is 152 Å². The van der Waals surface area contributed by atoms with Gasteiger partial charge >= 0.3 is 0 Å². The summed E-state index contributed by atoms with van der Waals surface area (Å²) in [5, 5.41) is 11.9. The predicted molar refractivity (Wildman–Crippen MR) is 100 cm³/mol. The second kappa shape index (κ2) is 7.70. The molecule has 0 unspecified atom stereocenters. The van der Waals surface area contributed by atoms with Crippen LogP contribution in [0, 0.1) is 11.3 Å². The number of benzene rings is 2. The van der Waals surface area contributed by atoms with Crippen molar-refractivity contribution in [1.29, 1.82) is 5.26 Å². The van der Waals surface area contributed by atoms with Crippen LogP contribution in [0.5, 0.6) is 0 Å². The first-order chi connectivity index (χ1) is 12.6. The third-order valence-electron chi connectivity index (χ3n) is 4.48. The van der Waals surface area contributed by atoms with E-state index in [1.807, 2.05) is 12.1 Å². The monoisotopic (exact) mass is 348 g/mol. The van der Waals surface area contributed by atoms with Gasteiger partial charge in [-0.3, -0.25) is 9.59 Å². The quantitative estimate of drug-likeness (QED) is 0.887. The van der Waals surface area contributed by atoms with Crippen molar-refractivity contribution in [3.63, 3.8) is 0 Å². The molecule has 2 aromatic carbocycles. The molecule has 0 saturated carbocycles. The molecule has 0 aliphatic carbocycles. The summed E-state index contributed by atoms with van der Waals surface area (Å²) < 4.78 is 0. The van der Waals surface area contributed by atoms with Crippen LogP contribution in [-0.4, -0.2) is 24.9 Å². The molecule has 3 N–H and O–H groups in total. The van der Waals surface area contributed by atoms with Crippen LogP contribution in [-0.2, 0) is 0 Å². The molecule has 2 aromatic rings. The third kappa shape index (κ3) is 3.83. The number of nitrogens with one attached hydrogen (secondary N) is 1. The van der Waals surface area contributed by atoms with Crippen molar-refractivity contribution in [1.82, 2.24) is 0 Å². The zero-order valence-electron chi connectivity index (χ0n) is 14.4. The Kier molecular flexibility index (Phi) is 5.18. The fraction of sp³-hybridized carbons (Fsp3) is 0.250. The number of rotatable bonds is 4. The number of amides is 2. The van der Waals surface area contributed by atoms with Gasteiger partial charge in [-0.2, -0.15) is 5.26 Å². The molecular weight excluding hydrogens is 328 g/mol. The minimum atomic E-state index is -0.544. The second-order valence-corrected chi connectivity index (χ2v) is 6.29. The van der Waals surface area contributed by atoms with Gasteiger partial charge in [-0.05, 0) is 55.7 Å². The molecule has 26 heavy (non-hydrogen) atoms. The summed E-state index contributed by atoms with van der Waals surface area (Å²) in [7, 11) is 0. The number of piperidine rings is 1. The van der Waals surface area contributed by atoms with Crippen LogP contribution >= 0.6 is 0 Å². The molecule has 6 nitrogen and oxygen atoms in total. The van der Waals surface area contributed by atoms with E-state index >= 15 is 0 Å². The van der Waals surface area contributed by atoms with Crippen LogP contribution in [0.25, 0.3) is 0 Å². The van der Waals surface area contributed by atoms with Crippen LogP contribution < -0.4 is 16.0 Å². The molecule has 1 aliphatic rings. The number of hydrogen-bond donors (Lipinski definition) is 2. The van der Waals surface area contributed by atoms with Crippen molar-refractivity contribution in [3.8, 4) is 6.07 Å². The van der Waals surface area contributed by atoms with Crippen molar-refractivity contribution in [3.05, 3.63) is 59.2 Å². The molecular formula is C20H20N4O2. The normalized spacial score (nSPS) is 13.7. The number of nitriles is 1. The highest BCUT2D eigenvalue weighted by Crippen LogP contribution is 2.30. The van der Waals surface area contributed by atoms with Gasteiger partial charge in [0, 0.05) is 24.2 Å². The maximum absolute atomic E-state index is 12.6. The largest absolute Gasteiger partial charge is 0.370 e. The molecule has 1 fully saturated rings. The molecule has 132 valence electrons. The first-order valence-corrected chi connectivity index (χ1v) is 8.59. The molecule has 0 radical (unpaired) electrons. The van der Waals surface area contributed by atoms with Crippen molar-refractivity contribution >= 4 is 23.2 Å². The SMILES string of the molecule is N#Cc1cccc(C(=O)Nc2cc(C(N)=O)ccc2N2CCCCC2)c1. The number of hydrogen-bond acceptors (Lipinski definition) is 4. The van der Waals surface area contributed by atoms with E-state index in [0.29, 0.717) is 22.4 Å². The number of nitrogens with two attached hydrogens (primary N) is 1. The maximum atomic E-state index is 12.6. The van der Waals surface area contributed by atoms with E-state index in [-0.39, 0.29) is 5.91 Å². The van der Waals surface area contributed by atoms with Gasteiger partial charge in [0.25, 0.3) is 5.91 Å². The number of primary amides is 1. The smallest absolute Gasteiger partial charge is 0.255 e. The van der Waals surface area contributed by atoms with E-state index in [2.05, 4.69) is 10.2 Å². The zero-order chi connectivity index (χ0) is 18.5. The lowest BCUT2D eigenvalue weighted by Crippen LogP contribution is -2.30. The average molecular weight is 348 g/mol. The molecule has 0 spiro atoms. The predicted octanol–water partition coefficient (Wildman–Crippen LogP) is 2.90. The summed E-state index contributed by atoms with van der Waals surface area (Å²) in [6, 6.07) is 13.6. The number of anilines is 2. The van der Waals surface area contributed by atoms with Gasteiger partial charge in [0.2, 0.25) is 5.91 Å². The first-order valence-electron chi connectivity index (χ1n) is 8.59. The summed E-state index contributed by atoms with van der Waals surface area (Å²) in [6.07, 6.45) is 3.38. The summed E-state index contributed by atoms with van der Waals surface area (Å²) in [5.74, 6) is -0.876. The van der Waals surface area contributed by atoms with Gasteiger partial charge in [0.05, 0.1) is 23.0 Å². The van der Waals surface area contributed by atoms with Gasteiger partial charge < -0.3 is 16.0 Å². The summed E-state index contributed by atoms with van der Waals surface area (Å²) in [4.78, 5) is 26.4. The molecule has 0 atom stereocenters. The van der Waals surface area contributed by atoms with Gasteiger partial charge in [-0.1, -0.05) is 6.07 Å². The Morgan fingerprint density at radius 2 is 1.81 bits per heavy atom. The topological polar surface area (TPSA) is 99.2 Å². The Balaban J connectivity index is 1.93. The Morgan fingerprint density at radius 3 is 2.50 bits per heavy atom. The molecule has 0 aromatic heterocycles. The highest BCUT2D eigenvalue weighted by molar-refractivity contribution is 6.07. The minimum absolute atomic E-state index is 0.332. The summed E-state index contributed by atoms with van der Waals surface area (Å²) >= 11 is 0. The Bertz CT molecular complexity index is 880. The van der Waals surface area contributed by atoms with E-state index in [9.17, 15) is 9.59 Å². The number of carbonyl (C=O) groups excluding carboxylic acids is 2. The molecule has 0 bridgehead atoms. The van der Waals surface area contributed by atoms with Gasteiger partial charge in [0.15, 0.2) is 0 Å². The standard InChI is InChI=1S/C20H20N4O2/c21-13-14-5-4-6-16(11-14)20(26)23-17-12-15(19(22)25)7-8-18(17)24-9-2-1-3-10-24/h4-8,11-12H,1-3,9-10H2,(H2,22,25)(H,23,26). The van der Waals surface area contributed by atoms with E-state index in [0.717, 1.165) is 31.6 Å². The number of nitrogens with zero attached hydrogens (tertiary/aromatic N) is 2. The first kappa shape index (κ1) is 17.5. The van der Waals surface area contributed by atoms with Crippen LogP contribution in [0.1, 0.15) is 45.5 Å². The Hall–Kier alpha value is -3.33. The van der Waals surface area contributed by atoms with Crippen LogP contribution in [0.4, 0.5) is 11.4 Å². The van der Waals surface area contributed by atoms with Gasteiger partial charge in [-0.25, -0.2) is 0 Å². The molecule has 1 heterocycles. The van der Waals surface area contributed by atoms with Crippen LogP contribution in [0.15, 0.2) is 42.5 Å². The van der Waals surface area contributed by atoms with Crippen LogP contribution in [0.2, 0.25) is 0 Å². The van der Waals surface area contributed by atoms with Crippen molar-refractivity contribution in [2.24, 2.45) is 5.73 Å². The van der Waals surface area contributed by atoms with E-state index in [4.69, 9.17) is 11.0 Å². The van der Waals surface area contributed by atoms with Crippen molar-refractivity contribution in [2.45, 2.75) is 19.3 Å².